The lowest BCUT2D eigenvalue weighted by Crippen LogP contribution is -2.26. The zero-order valence-electron chi connectivity index (χ0n) is 45.3. The lowest BCUT2D eigenvalue weighted by Gasteiger charge is -2.33. The van der Waals surface area contributed by atoms with Crippen molar-refractivity contribution in [3.63, 3.8) is 0 Å². The van der Waals surface area contributed by atoms with E-state index in [2.05, 4.69) is 164 Å². The molecule has 66 heavy (non-hydrogen) atoms. The van der Waals surface area contributed by atoms with E-state index in [4.69, 9.17) is 6.85 Å². The van der Waals surface area contributed by atoms with Crippen LogP contribution in [-0.2, 0) is 10.8 Å². The van der Waals surface area contributed by atoms with Gasteiger partial charge in [0, 0.05) is 39.5 Å². The molecular weight excluding hydrogens is 797 g/mol. The molecule has 0 bridgehead atoms. The SMILES string of the molecule is [2H]c1c([2H])c([2H])c(-c2c([2H])c([2H])c(N(c3ccccc3)c3ccc4c(c3)C3(c5ccccc5-c5ccc(N(c6ccccc6)c6ccc7c(c6)C(C)(C)c6ccccc6-7)cc53)c3ccccc3-4)c([2H])c2[2H])c([2H])c1[2H]. The molecule has 3 aliphatic carbocycles. The van der Waals surface area contributed by atoms with Crippen LogP contribution in [0.2, 0.25) is 0 Å². The van der Waals surface area contributed by atoms with Crippen molar-refractivity contribution in [1.82, 2.24) is 0 Å². The Bertz CT molecular complexity index is 3990. The summed E-state index contributed by atoms with van der Waals surface area (Å²) in [6, 6.07) is 60.5. The van der Waals surface area contributed by atoms with Crippen LogP contribution in [0.4, 0.5) is 34.1 Å². The maximum atomic E-state index is 9.67. The molecule has 10 aromatic carbocycles. The summed E-state index contributed by atoms with van der Waals surface area (Å²) in [5.74, 6) is 0. The molecule has 2 heteroatoms. The third-order valence-electron chi connectivity index (χ3n) is 14.0. The van der Waals surface area contributed by atoms with E-state index in [9.17, 15) is 5.48 Å². The van der Waals surface area contributed by atoms with E-state index in [-0.39, 0.29) is 22.2 Å². The van der Waals surface area contributed by atoms with Crippen molar-refractivity contribution in [1.29, 1.82) is 0 Å². The van der Waals surface area contributed by atoms with Gasteiger partial charge in [0.15, 0.2) is 0 Å². The molecule has 0 radical (unpaired) electrons. The van der Waals surface area contributed by atoms with Crippen molar-refractivity contribution < 1.29 is 12.3 Å². The average Bonchev–Trinajstić information content (AvgIpc) is 4.07. The Hall–Kier alpha value is -8.20. The predicted octanol–water partition coefficient (Wildman–Crippen LogP) is 16.9. The first-order valence-electron chi connectivity index (χ1n) is 26.9. The number of benzene rings is 10. The quantitative estimate of drug-likeness (QED) is 0.158. The molecule has 312 valence electrons. The van der Waals surface area contributed by atoms with Gasteiger partial charge in [0.05, 0.1) is 17.8 Å². The van der Waals surface area contributed by atoms with Crippen LogP contribution in [0.1, 0.15) is 59.6 Å². The summed E-state index contributed by atoms with van der Waals surface area (Å²) in [6.07, 6.45) is 0. The molecule has 13 rings (SSSR count). The highest BCUT2D eigenvalue weighted by Gasteiger charge is 2.52. The normalized spacial score (nSPS) is 17.2. The van der Waals surface area contributed by atoms with Crippen LogP contribution in [-0.4, -0.2) is 0 Å². The van der Waals surface area contributed by atoms with E-state index in [1.807, 2.05) is 42.5 Å². The van der Waals surface area contributed by atoms with Gasteiger partial charge in [-0.05, 0) is 151 Å². The number of fused-ring (bicyclic) bond motifs is 13. The van der Waals surface area contributed by atoms with Crippen LogP contribution in [0, 0.1) is 0 Å². The standard InChI is InChI=1S/C64H46N2/c1-63(2)57-27-15-12-24-51(57)54-37-34-48(40-60(54)63)66(46-22-10-5-11-23-46)50-36-39-56-53-26-14-17-29-59(53)64(62(56)42-50)58-28-16-13-25-52(58)55-38-35-49(41-61(55)64)65(45-20-8-4-9-21-45)47-32-30-44(31-33-47)43-18-6-3-7-19-43/h3-42H,1-2H3/i3D,6D,7D,18D,19D,30D,31D,32D,33D. The van der Waals surface area contributed by atoms with Crippen LogP contribution in [0.3, 0.4) is 0 Å². The fraction of sp³-hybridized carbons (Fsp3) is 0.0625. The van der Waals surface area contributed by atoms with Crippen molar-refractivity contribution in [3.05, 3.63) is 276 Å². The molecule has 1 spiro atoms. The molecular formula is C64H46N2. The Morgan fingerprint density at radius 2 is 0.682 bits per heavy atom. The highest BCUT2D eigenvalue weighted by molar-refractivity contribution is 5.98. The molecule has 0 aromatic heterocycles. The Labute approximate surface area is 400 Å². The van der Waals surface area contributed by atoms with E-state index >= 15 is 0 Å². The van der Waals surface area contributed by atoms with Gasteiger partial charge in [-0.2, -0.15) is 0 Å². The molecule has 10 aromatic rings. The Morgan fingerprint density at radius 3 is 1.20 bits per heavy atom. The van der Waals surface area contributed by atoms with Crippen molar-refractivity contribution in [2.24, 2.45) is 0 Å². The number of anilines is 6. The van der Waals surface area contributed by atoms with Gasteiger partial charge < -0.3 is 9.80 Å². The second kappa shape index (κ2) is 14.7. The van der Waals surface area contributed by atoms with Gasteiger partial charge >= 0.3 is 0 Å². The van der Waals surface area contributed by atoms with Crippen molar-refractivity contribution in [3.8, 4) is 44.5 Å². The van der Waals surface area contributed by atoms with Crippen LogP contribution in [0.15, 0.2) is 242 Å². The minimum Gasteiger partial charge on any atom is -0.310 e. The van der Waals surface area contributed by atoms with Crippen LogP contribution in [0.25, 0.3) is 44.5 Å². The molecule has 0 amide bonds. The molecule has 0 N–H and O–H groups in total. The first kappa shape index (κ1) is 30.0. The minimum absolute atomic E-state index is 0.0505. The largest absolute Gasteiger partial charge is 0.310 e. The molecule has 1 unspecified atom stereocenters. The maximum Gasteiger partial charge on any atom is 0.0727 e. The molecule has 3 aliphatic rings. The van der Waals surface area contributed by atoms with E-state index in [0.29, 0.717) is 11.4 Å². The lowest BCUT2D eigenvalue weighted by atomic mass is 9.70. The molecule has 2 nitrogen and oxygen atoms in total. The number of rotatable bonds is 7. The van der Waals surface area contributed by atoms with E-state index in [1.165, 1.54) is 22.3 Å². The van der Waals surface area contributed by atoms with Crippen LogP contribution < -0.4 is 9.80 Å². The molecule has 0 heterocycles. The van der Waals surface area contributed by atoms with Gasteiger partial charge in [0.25, 0.3) is 0 Å². The zero-order valence-corrected chi connectivity index (χ0v) is 36.3. The van der Waals surface area contributed by atoms with Crippen LogP contribution >= 0.6 is 0 Å². The predicted molar refractivity (Wildman–Crippen MR) is 275 cm³/mol. The van der Waals surface area contributed by atoms with E-state index in [0.717, 1.165) is 61.6 Å². The van der Waals surface area contributed by atoms with E-state index < -0.39 is 59.8 Å². The van der Waals surface area contributed by atoms with Crippen molar-refractivity contribution in [2.75, 3.05) is 9.80 Å². The Kier molecular flexibility index (Phi) is 6.67. The Balaban J connectivity index is 1.04. The summed E-state index contributed by atoms with van der Waals surface area (Å²) in [5.41, 5.74) is 16.0. The summed E-state index contributed by atoms with van der Waals surface area (Å²) in [4.78, 5) is 4.09. The maximum absolute atomic E-state index is 9.67. The van der Waals surface area contributed by atoms with Gasteiger partial charge in [-0.1, -0.05) is 184 Å². The smallest absolute Gasteiger partial charge is 0.0727 e. The number of nitrogens with zero attached hydrogens (tertiary/aromatic N) is 2. The third-order valence-corrected chi connectivity index (χ3v) is 14.0. The monoisotopic (exact) mass is 851 g/mol. The second-order valence-electron chi connectivity index (χ2n) is 17.8. The first-order chi connectivity index (χ1) is 36.2. The summed E-state index contributed by atoms with van der Waals surface area (Å²) in [6.45, 7) is 4.61. The summed E-state index contributed by atoms with van der Waals surface area (Å²) in [7, 11) is 0. The lowest BCUT2D eigenvalue weighted by molar-refractivity contribution is 0.660. The topological polar surface area (TPSA) is 6.48 Å². The van der Waals surface area contributed by atoms with Crippen molar-refractivity contribution in [2.45, 2.75) is 24.7 Å². The highest BCUT2D eigenvalue weighted by Crippen LogP contribution is 2.64. The molecule has 0 saturated carbocycles. The average molecular weight is 852 g/mol. The van der Waals surface area contributed by atoms with Crippen molar-refractivity contribution >= 4 is 34.1 Å². The number of para-hydroxylation sites is 2. The molecule has 0 saturated heterocycles. The van der Waals surface area contributed by atoms with Gasteiger partial charge in [0.1, 0.15) is 0 Å². The van der Waals surface area contributed by atoms with Crippen LogP contribution in [0.5, 0.6) is 0 Å². The van der Waals surface area contributed by atoms with Gasteiger partial charge in [-0.15, -0.1) is 0 Å². The summed E-state index contributed by atoms with van der Waals surface area (Å²) >= 11 is 0. The van der Waals surface area contributed by atoms with E-state index in [1.54, 1.807) is 4.90 Å². The number of hydrogen-bond donors (Lipinski definition) is 0. The highest BCUT2D eigenvalue weighted by atomic mass is 15.1. The summed E-state index contributed by atoms with van der Waals surface area (Å²) in [5, 5.41) is 0. The van der Waals surface area contributed by atoms with Gasteiger partial charge in [-0.25, -0.2) is 0 Å². The summed E-state index contributed by atoms with van der Waals surface area (Å²) < 4.78 is 80.6. The fourth-order valence-electron chi connectivity index (χ4n) is 11.2. The molecule has 1 atom stereocenters. The fourth-order valence-corrected chi connectivity index (χ4v) is 11.2. The minimum atomic E-state index is -0.851. The number of hydrogen-bond acceptors (Lipinski definition) is 2. The zero-order chi connectivity index (χ0) is 51.8. The second-order valence-corrected chi connectivity index (χ2v) is 17.8. The third kappa shape index (κ3) is 5.55. The molecule has 0 fully saturated rings. The van der Waals surface area contributed by atoms with Gasteiger partial charge in [-0.3, -0.25) is 0 Å². The van der Waals surface area contributed by atoms with Gasteiger partial charge in [0.2, 0.25) is 0 Å². The Morgan fingerprint density at radius 1 is 0.303 bits per heavy atom. The molecule has 0 aliphatic heterocycles. The first-order valence-corrected chi connectivity index (χ1v) is 22.4.